The lowest BCUT2D eigenvalue weighted by molar-refractivity contribution is 0.917. The molecule has 3 N–H and O–H groups in total. The molecule has 0 radical (unpaired) electrons. The van der Waals surface area contributed by atoms with E-state index < -0.39 is 5.69 Å². The summed E-state index contributed by atoms with van der Waals surface area (Å²) in [4.78, 5) is 40.4. The molecule has 0 aliphatic rings. The maximum Gasteiger partial charge on any atom is 0.325 e. The van der Waals surface area contributed by atoms with Gasteiger partial charge in [-0.15, -0.1) is 0 Å². The first-order valence-electron chi connectivity index (χ1n) is 7.85. The van der Waals surface area contributed by atoms with E-state index in [0.717, 1.165) is 22.6 Å². The van der Waals surface area contributed by atoms with Crippen LogP contribution < -0.4 is 16.6 Å². The standard InChI is InChI=1S/C17H18N6O2/c1-10-3-4-13(11(2)21-10)14-6-8-19-16(22-14)18-7-5-12-9-20-17(25)23-15(12)24/h3-4,6,8-9H,5,7H2,1-2H3,(H,18,19,22)(H2,20,23,24,25). The molecule has 0 aliphatic carbocycles. The van der Waals surface area contributed by atoms with Crippen molar-refractivity contribution in [3.63, 3.8) is 0 Å². The molecule has 0 aromatic carbocycles. The van der Waals surface area contributed by atoms with Crippen LogP contribution >= 0.6 is 0 Å². The number of aromatic nitrogens is 5. The SMILES string of the molecule is Cc1ccc(-c2ccnc(NCCc3c[nH]c(=O)[nH]c3=O)n2)c(C)n1. The lowest BCUT2D eigenvalue weighted by Crippen LogP contribution is -2.25. The molecule has 0 fully saturated rings. The van der Waals surface area contributed by atoms with Crippen LogP contribution in [0, 0.1) is 13.8 Å². The first kappa shape index (κ1) is 16.6. The molecule has 3 aromatic heterocycles. The van der Waals surface area contributed by atoms with Crippen molar-refractivity contribution in [1.29, 1.82) is 0 Å². The van der Waals surface area contributed by atoms with Crippen molar-refractivity contribution in [2.24, 2.45) is 0 Å². The van der Waals surface area contributed by atoms with Gasteiger partial charge in [0.05, 0.1) is 5.69 Å². The summed E-state index contributed by atoms with van der Waals surface area (Å²) in [6.07, 6.45) is 3.53. The van der Waals surface area contributed by atoms with E-state index in [0.29, 0.717) is 24.5 Å². The number of hydrogen-bond acceptors (Lipinski definition) is 6. The van der Waals surface area contributed by atoms with Gasteiger partial charge in [-0.05, 0) is 38.5 Å². The number of H-pyrrole nitrogens is 2. The minimum atomic E-state index is -0.514. The van der Waals surface area contributed by atoms with Crippen LogP contribution in [0.2, 0.25) is 0 Å². The van der Waals surface area contributed by atoms with Gasteiger partial charge < -0.3 is 10.3 Å². The molecule has 8 nitrogen and oxygen atoms in total. The first-order valence-corrected chi connectivity index (χ1v) is 7.85. The average Bonchev–Trinajstić information content (AvgIpc) is 2.57. The van der Waals surface area contributed by atoms with Crippen LogP contribution in [-0.2, 0) is 6.42 Å². The van der Waals surface area contributed by atoms with Crippen molar-refractivity contribution in [2.75, 3.05) is 11.9 Å². The van der Waals surface area contributed by atoms with Crippen molar-refractivity contribution in [3.05, 3.63) is 68.4 Å². The molecule has 3 rings (SSSR count). The summed E-state index contributed by atoms with van der Waals surface area (Å²) in [5, 5.41) is 3.09. The van der Waals surface area contributed by atoms with Crippen LogP contribution in [0.25, 0.3) is 11.3 Å². The van der Waals surface area contributed by atoms with Crippen molar-refractivity contribution in [2.45, 2.75) is 20.3 Å². The fraction of sp³-hybridized carbons (Fsp3) is 0.235. The minimum absolute atomic E-state index is 0.387. The minimum Gasteiger partial charge on any atom is -0.354 e. The molecular weight excluding hydrogens is 320 g/mol. The zero-order valence-corrected chi connectivity index (χ0v) is 14.0. The van der Waals surface area contributed by atoms with E-state index in [1.807, 2.05) is 32.0 Å². The van der Waals surface area contributed by atoms with E-state index in [1.54, 1.807) is 6.20 Å². The van der Waals surface area contributed by atoms with E-state index in [4.69, 9.17) is 0 Å². The fourth-order valence-electron chi connectivity index (χ4n) is 2.48. The molecule has 0 saturated heterocycles. The highest BCUT2D eigenvalue weighted by Crippen LogP contribution is 2.20. The normalized spacial score (nSPS) is 10.6. The zero-order chi connectivity index (χ0) is 17.8. The monoisotopic (exact) mass is 338 g/mol. The van der Waals surface area contributed by atoms with Gasteiger partial charge in [0.15, 0.2) is 0 Å². The zero-order valence-electron chi connectivity index (χ0n) is 14.0. The highest BCUT2D eigenvalue weighted by Gasteiger charge is 2.07. The molecule has 0 saturated carbocycles. The lowest BCUT2D eigenvalue weighted by Gasteiger charge is -2.08. The molecule has 3 heterocycles. The Morgan fingerprint density at radius 2 is 1.96 bits per heavy atom. The van der Waals surface area contributed by atoms with Gasteiger partial charge in [0.25, 0.3) is 5.56 Å². The van der Waals surface area contributed by atoms with Crippen LogP contribution in [0.3, 0.4) is 0 Å². The second-order valence-corrected chi connectivity index (χ2v) is 5.63. The predicted molar refractivity (Wildman–Crippen MR) is 94.6 cm³/mol. The van der Waals surface area contributed by atoms with Gasteiger partial charge in [-0.2, -0.15) is 0 Å². The van der Waals surface area contributed by atoms with Crippen LogP contribution in [0.5, 0.6) is 0 Å². The van der Waals surface area contributed by atoms with E-state index in [-0.39, 0.29) is 5.56 Å². The van der Waals surface area contributed by atoms with Gasteiger partial charge in [0.1, 0.15) is 0 Å². The molecule has 25 heavy (non-hydrogen) atoms. The molecule has 0 aliphatic heterocycles. The van der Waals surface area contributed by atoms with E-state index >= 15 is 0 Å². The third-order valence-corrected chi connectivity index (χ3v) is 3.73. The predicted octanol–water partition coefficient (Wildman–Crippen LogP) is 1.19. The number of hydrogen-bond donors (Lipinski definition) is 3. The Kier molecular flexibility index (Phi) is 4.69. The summed E-state index contributed by atoms with van der Waals surface area (Å²) in [5.41, 5.74) is 3.19. The Labute approximate surface area is 143 Å². The summed E-state index contributed by atoms with van der Waals surface area (Å²) in [6, 6.07) is 5.76. The third-order valence-electron chi connectivity index (χ3n) is 3.73. The topological polar surface area (TPSA) is 116 Å². The number of nitrogens with one attached hydrogen (secondary N) is 3. The highest BCUT2D eigenvalue weighted by molar-refractivity contribution is 5.62. The molecule has 0 atom stereocenters. The molecule has 0 bridgehead atoms. The second kappa shape index (κ2) is 7.08. The summed E-state index contributed by atoms with van der Waals surface area (Å²) in [5.74, 6) is 0.471. The molecule has 128 valence electrons. The number of aromatic amines is 2. The van der Waals surface area contributed by atoms with Crippen LogP contribution in [0.4, 0.5) is 5.95 Å². The first-order chi connectivity index (χ1) is 12.0. The van der Waals surface area contributed by atoms with Gasteiger partial charge in [-0.25, -0.2) is 14.8 Å². The number of pyridine rings is 1. The molecule has 0 amide bonds. The summed E-state index contributed by atoms with van der Waals surface area (Å²) in [7, 11) is 0. The molecule has 0 unspecified atom stereocenters. The Hall–Kier alpha value is -3.29. The van der Waals surface area contributed by atoms with Crippen molar-refractivity contribution >= 4 is 5.95 Å². The van der Waals surface area contributed by atoms with Crippen molar-refractivity contribution in [3.8, 4) is 11.3 Å². The van der Waals surface area contributed by atoms with Gasteiger partial charge in [-0.3, -0.25) is 14.8 Å². The van der Waals surface area contributed by atoms with Crippen LogP contribution in [0.1, 0.15) is 17.0 Å². The third kappa shape index (κ3) is 3.97. The molecular formula is C17H18N6O2. The number of rotatable bonds is 5. The lowest BCUT2D eigenvalue weighted by atomic mass is 10.1. The molecule has 3 aromatic rings. The Morgan fingerprint density at radius 1 is 1.12 bits per heavy atom. The van der Waals surface area contributed by atoms with Crippen molar-refractivity contribution in [1.82, 2.24) is 24.9 Å². The van der Waals surface area contributed by atoms with E-state index in [2.05, 4.69) is 30.2 Å². The molecule has 8 heteroatoms. The van der Waals surface area contributed by atoms with Gasteiger partial charge in [-0.1, -0.05) is 0 Å². The van der Waals surface area contributed by atoms with Crippen LogP contribution in [-0.4, -0.2) is 31.5 Å². The maximum absolute atomic E-state index is 11.6. The van der Waals surface area contributed by atoms with Crippen LogP contribution in [0.15, 0.2) is 40.2 Å². The average molecular weight is 338 g/mol. The maximum atomic E-state index is 11.6. The smallest absolute Gasteiger partial charge is 0.325 e. The van der Waals surface area contributed by atoms with Crippen molar-refractivity contribution < 1.29 is 0 Å². The highest BCUT2D eigenvalue weighted by atomic mass is 16.2. The van der Waals surface area contributed by atoms with E-state index in [1.165, 1.54) is 6.20 Å². The Bertz CT molecular complexity index is 1010. The Balaban J connectivity index is 1.71. The summed E-state index contributed by atoms with van der Waals surface area (Å²) < 4.78 is 0. The van der Waals surface area contributed by atoms with Gasteiger partial charge in [0, 0.05) is 41.5 Å². The number of anilines is 1. The summed E-state index contributed by atoms with van der Waals surface area (Å²) >= 11 is 0. The number of nitrogens with zero attached hydrogens (tertiary/aromatic N) is 3. The largest absolute Gasteiger partial charge is 0.354 e. The Morgan fingerprint density at radius 3 is 2.72 bits per heavy atom. The van der Waals surface area contributed by atoms with Gasteiger partial charge >= 0.3 is 5.69 Å². The fourth-order valence-corrected chi connectivity index (χ4v) is 2.48. The van der Waals surface area contributed by atoms with E-state index in [9.17, 15) is 9.59 Å². The van der Waals surface area contributed by atoms with Gasteiger partial charge in [0.2, 0.25) is 5.95 Å². The molecule has 0 spiro atoms. The second-order valence-electron chi connectivity index (χ2n) is 5.63. The number of aryl methyl sites for hydroxylation is 2. The quantitative estimate of drug-likeness (QED) is 0.643. The summed E-state index contributed by atoms with van der Waals surface area (Å²) in [6.45, 7) is 4.35.